The predicted molar refractivity (Wildman–Crippen MR) is 151 cm³/mol. The normalized spacial score (nSPS) is 13.0. The maximum atomic E-state index is 14.2. The molecule has 0 amide bonds. The van der Waals surface area contributed by atoms with Crippen LogP contribution < -0.4 is 4.74 Å². The molecule has 1 aromatic heterocycles. The van der Waals surface area contributed by atoms with Gasteiger partial charge in [0.2, 0.25) is 0 Å². The largest absolute Gasteiger partial charge is 0.493 e. The summed E-state index contributed by atoms with van der Waals surface area (Å²) < 4.78 is 20.0. The molecule has 0 aliphatic rings. The van der Waals surface area contributed by atoms with Gasteiger partial charge < -0.3 is 4.74 Å². The van der Waals surface area contributed by atoms with E-state index in [4.69, 9.17) is 4.74 Å². The molecule has 0 radical (unpaired) electrons. The number of alkyl halides is 1. The van der Waals surface area contributed by atoms with Gasteiger partial charge in [0.25, 0.3) is 0 Å². The monoisotopic (exact) mass is 498 g/mol. The summed E-state index contributed by atoms with van der Waals surface area (Å²) in [5.74, 6) is 2.12. The molecule has 1 heterocycles. The van der Waals surface area contributed by atoms with Crippen LogP contribution in [-0.2, 0) is 6.42 Å². The van der Waals surface area contributed by atoms with Crippen molar-refractivity contribution in [3.63, 3.8) is 0 Å². The molecule has 2 rings (SSSR count). The number of aryl methyl sites for hydroxylation is 1. The number of rotatable bonds is 21. The molecule has 0 spiro atoms. The molecule has 0 saturated heterocycles. The molecule has 0 N–H and O–H groups in total. The molecule has 3 nitrogen and oxygen atoms in total. The van der Waals surface area contributed by atoms with Gasteiger partial charge in [-0.25, -0.2) is 14.4 Å². The van der Waals surface area contributed by atoms with Crippen LogP contribution in [0.1, 0.15) is 123 Å². The molecule has 202 valence electrons. The quantitative estimate of drug-likeness (QED) is 0.161. The zero-order valence-corrected chi connectivity index (χ0v) is 23.3. The minimum absolute atomic E-state index is 0.411. The lowest BCUT2D eigenvalue weighted by Gasteiger charge is -2.13. The predicted octanol–water partition coefficient (Wildman–Crippen LogP) is 9.93. The highest BCUT2D eigenvalue weighted by atomic mass is 19.1. The lowest BCUT2D eigenvalue weighted by molar-refractivity contribution is 0.216. The summed E-state index contributed by atoms with van der Waals surface area (Å²) in [5.41, 5.74) is 2.18. The van der Waals surface area contributed by atoms with E-state index in [9.17, 15) is 4.39 Å². The first-order valence-electron chi connectivity index (χ1n) is 14.8. The van der Waals surface area contributed by atoms with Gasteiger partial charge >= 0.3 is 0 Å². The summed E-state index contributed by atoms with van der Waals surface area (Å²) in [6.45, 7) is 7.12. The lowest BCUT2D eigenvalue weighted by Crippen LogP contribution is -2.09. The van der Waals surface area contributed by atoms with E-state index in [1.807, 2.05) is 36.7 Å². The molecule has 2 unspecified atom stereocenters. The molecule has 0 aliphatic carbocycles. The minimum Gasteiger partial charge on any atom is -0.493 e. The molecule has 36 heavy (non-hydrogen) atoms. The highest BCUT2D eigenvalue weighted by Gasteiger charge is 2.10. The zero-order valence-electron chi connectivity index (χ0n) is 23.3. The van der Waals surface area contributed by atoms with E-state index in [0.29, 0.717) is 25.4 Å². The molecule has 2 aromatic rings. The van der Waals surface area contributed by atoms with Gasteiger partial charge in [0, 0.05) is 24.4 Å². The van der Waals surface area contributed by atoms with Crippen LogP contribution >= 0.6 is 0 Å². The Hall–Kier alpha value is -1.97. The number of unbranched alkanes of at least 4 members (excludes halogenated alkanes) is 9. The fraction of sp³-hybridized carbons (Fsp3) is 0.688. The third-order valence-electron chi connectivity index (χ3n) is 7.11. The molecular formula is C32H51FN2O. The van der Waals surface area contributed by atoms with Crippen LogP contribution in [0.15, 0.2) is 36.7 Å². The van der Waals surface area contributed by atoms with Crippen LogP contribution in [0, 0.1) is 5.92 Å². The van der Waals surface area contributed by atoms with Crippen molar-refractivity contribution in [3.8, 4) is 17.1 Å². The Bertz CT molecular complexity index is 778. The van der Waals surface area contributed by atoms with Gasteiger partial charge in [-0.2, -0.15) is 0 Å². The average Bonchev–Trinajstić information content (AvgIpc) is 2.90. The minimum atomic E-state index is -0.782. The summed E-state index contributed by atoms with van der Waals surface area (Å²) in [6.07, 6.45) is 22.0. The Kier molecular flexibility index (Phi) is 16.1. The highest BCUT2D eigenvalue weighted by Crippen LogP contribution is 2.21. The SMILES string of the molecule is CCCCCCCCCCCc1cnc(-c2ccc(OCCC(F)CCC(C)CCCC)cc2)nc1. The molecule has 0 fully saturated rings. The standard InChI is InChI=1S/C32H51FN2O/c1-4-6-8-9-10-11-12-13-14-16-28-25-34-32(35-26-28)29-18-21-31(22-19-29)36-24-23-30(33)20-17-27(3)15-7-5-2/h18-19,21-22,25-27,30H,4-17,20,23-24H2,1-3H3. The third kappa shape index (κ3) is 13.4. The molecule has 0 aliphatic heterocycles. The van der Waals surface area contributed by atoms with E-state index in [1.54, 1.807) is 0 Å². The van der Waals surface area contributed by atoms with Crippen LogP contribution in [0.5, 0.6) is 5.75 Å². The van der Waals surface area contributed by atoms with E-state index in [-0.39, 0.29) is 0 Å². The van der Waals surface area contributed by atoms with Gasteiger partial charge in [-0.15, -0.1) is 0 Å². The van der Waals surface area contributed by atoms with Gasteiger partial charge in [0.1, 0.15) is 11.9 Å². The number of aromatic nitrogens is 2. The van der Waals surface area contributed by atoms with Crippen molar-refractivity contribution in [2.75, 3.05) is 6.61 Å². The second kappa shape index (κ2) is 19.2. The topological polar surface area (TPSA) is 35.0 Å². The van der Waals surface area contributed by atoms with Crippen molar-refractivity contribution in [1.29, 1.82) is 0 Å². The number of ether oxygens (including phenoxy) is 1. The van der Waals surface area contributed by atoms with Crippen molar-refractivity contribution in [1.82, 2.24) is 9.97 Å². The number of benzene rings is 1. The van der Waals surface area contributed by atoms with Crippen molar-refractivity contribution < 1.29 is 9.13 Å². The molecule has 0 saturated carbocycles. The summed E-state index contributed by atoms with van der Waals surface area (Å²) in [5, 5.41) is 0. The Morgan fingerprint density at radius 1 is 0.722 bits per heavy atom. The number of hydrogen-bond donors (Lipinski definition) is 0. The van der Waals surface area contributed by atoms with Gasteiger partial charge in [-0.3, -0.25) is 0 Å². The van der Waals surface area contributed by atoms with Crippen LogP contribution in [-0.4, -0.2) is 22.7 Å². The van der Waals surface area contributed by atoms with E-state index >= 15 is 0 Å². The second-order valence-electron chi connectivity index (χ2n) is 10.6. The van der Waals surface area contributed by atoms with Gasteiger partial charge in [-0.1, -0.05) is 91.4 Å². The third-order valence-corrected chi connectivity index (χ3v) is 7.11. The first-order chi connectivity index (χ1) is 17.6. The Morgan fingerprint density at radius 3 is 1.97 bits per heavy atom. The lowest BCUT2D eigenvalue weighted by atomic mass is 9.97. The van der Waals surface area contributed by atoms with Gasteiger partial charge in [-0.05, 0) is 61.4 Å². The van der Waals surface area contributed by atoms with E-state index in [2.05, 4.69) is 30.7 Å². The maximum absolute atomic E-state index is 14.2. The van der Waals surface area contributed by atoms with Crippen LogP contribution in [0.4, 0.5) is 4.39 Å². The van der Waals surface area contributed by atoms with Crippen LogP contribution in [0.2, 0.25) is 0 Å². The van der Waals surface area contributed by atoms with Gasteiger partial charge in [0.05, 0.1) is 6.61 Å². The molecule has 4 heteroatoms. The van der Waals surface area contributed by atoms with E-state index < -0.39 is 6.17 Å². The van der Waals surface area contributed by atoms with Crippen molar-refractivity contribution >= 4 is 0 Å². The summed E-state index contributed by atoms with van der Waals surface area (Å²) in [4.78, 5) is 9.14. The first-order valence-corrected chi connectivity index (χ1v) is 14.8. The fourth-order valence-corrected chi connectivity index (χ4v) is 4.58. The summed E-state index contributed by atoms with van der Waals surface area (Å²) >= 11 is 0. The first kappa shape index (κ1) is 30.3. The highest BCUT2D eigenvalue weighted by molar-refractivity contribution is 5.55. The molecular weight excluding hydrogens is 447 g/mol. The summed E-state index contributed by atoms with van der Waals surface area (Å²) in [6, 6.07) is 7.81. The van der Waals surface area contributed by atoms with Crippen molar-refractivity contribution in [2.45, 2.75) is 130 Å². The number of nitrogens with zero attached hydrogens (tertiary/aromatic N) is 2. The van der Waals surface area contributed by atoms with Crippen molar-refractivity contribution in [3.05, 3.63) is 42.2 Å². The number of halogens is 1. The molecule has 0 bridgehead atoms. The summed E-state index contributed by atoms with van der Waals surface area (Å²) in [7, 11) is 0. The second-order valence-corrected chi connectivity index (χ2v) is 10.6. The molecule has 1 aromatic carbocycles. The Morgan fingerprint density at radius 2 is 1.33 bits per heavy atom. The van der Waals surface area contributed by atoms with E-state index in [1.165, 1.54) is 82.6 Å². The average molecular weight is 499 g/mol. The Balaban J connectivity index is 1.62. The van der Waals surface area contributed by atoms with E-state index in [0.717, 1.165) is 30.0 Å². The number of hydrogen-bond acceptors (Lipinski definition) is 3. The van der Waals surface area contributed by atoms with Gasteiger partial charge in [0.15, 0.2) is 5.82 Å². The fourth-order valence-electron chi connectivity index (χ4n) is 4.58. The smallest absolute Gasteiger partial charge is 0.159 e. The van der Waals surface area contributed by atoms with Crippen LogP contribution in [0.3, 0.4) is 0 Å². The Labute approximate surface area is 220 Å². The van der Waals surface area contributed by atoms with Crippen LogP contribution in [0.25, 0.3) is 11.4 Å². The molecule has 2 atom stereocenters. The zero-order chi connectivity index (χ0) is 25.8. The van der Waals surface area contributed by atoms with Crippen molar-refractivity contribution in [2.24, 2.45) is 5.92 Å². The maximum Gasteiger partial charge on any atom is 0.159 e.